The number of alkyl halides is 2. The average Bonchev–Trinajstić information content (AvgIpc) is 3.34. The van der Waals surface area contributed by atoms with E-state index in [1.54, 1.807) is 18.3 Å². The number of allylic oxidation sites excluding steroid dienone is 1. The Morgan fingerprint density at radius 1 is 0.974 bits per heavy atom. The molecule has 2 N–H and O–H groups in total. The van der Waals surface area contributed by atoms with Gasteiger partial charge in [0, 0.05) is 71.0 Å². The molecule has 0 spiro atoms. The van der Waals surface area contributed by atoms with Gasteiger partial charge in [0.1, 0.15) is 23.1 Å². The number of anilines is 1. The van der Waals surface area contributed by atoms with Gasteiger partial charge >= 0.3 is 0 Å². The maximum absolute atomic E-state index is 15.2. The first kappa shape index (κ1) is 25.8. The number of nitrogens with zero attached hydrogens (tertiary/aromatic N) is 3. The minimum Gasteiger partial charge on any atom is -0.344 e. The molecule has 0 fully saturated rings. The lowest BCUT2D eigenvalue weighted by Crippen LogP contribution is -2.10. The third kappa shape index (κ3) is 5.57. The standard InChI is InChI=1S/C30H23F4N5/c1-4-23-11-18(5-7-35-23)27-13-20-10-21(16-37-29(20)39-27)24-15-25(31)19(12-26(24)32)9-17(2)38-28-14-22(6-8-36-28)30(3,33)34/h4-8,10-16H,1-2,9H2,3H3,(H,36,38)(H,37,39). The molecule has 0 aliphatic rings. The van der Waals surface area contributed by atoms with Crippen molar-refractivity contribution < 1.29 is 17.6 Å². The van der Waals surface area contributed by atoms with Gasteiger partial charge in [0.15, 0.2) is 0 Å². The number of H-pyrrole nitrogens is 1. The smallest absolute Gasteiger partial charge is 0.270 e. The maximum atomic E-state index is 15.2. The molecule has 4 aromatic heterocycles. The fraction of sp³-hybridized carbons (Fsp3) is 0.100. The molecular formula is C30H23F4N5. The van der Waals surface area contributed by atoms with Crippen molar-refractivity contribution in [2.75, 3.05) is 5.32 Å². The summed E-state index contributed by atoms with van der Waals surface area (Å²) in [6.07, 6.45) is 5.97. The van der Waals surface area contributed by atoms with E-state index < -0.39 is 17.6 Å². The van der Waals surface area contributed by atoms with Crippen molar-refractivity contribution in [2.45, 2.75) is 19.3 Å². The summed E-state index contributed by atoms with van der Waals surface area (Å²) in [4.78, 5) is 15.8. The first-order valence-electron chi connectivity index (χ1n) is 12.0. The van der Waals surface area contributed by atoms with E-state index in [0.717, 1.165) is 41.4 Å². The monoisotopic (exact) mass is 529 g/mol. The van der Waals surface area contributed by atoms with Crippen molar-refractivity contribution in [1.82, 2.24) is 19.9 Å². The predicted molar refractivity (Wildman–Crippen MR) is 145 cm³/mol. The summed E-state index contributed by atoms with van der Waals surface area (Å²) in [5, 5.41) is 3.52. The number of halogens is 4. The van der Waals surface area contributed by atoms with Gasteiger partial charge in [-0.3, -0.25) is 4.98 Å². The summed E-state index contributed by atoms with van der Waals surface area (Å²) in [6, 6.07) is 11.9. The number of aromatic amines is 1. The van der Waals surface area contributed by atoms with Gasteiger partial charge in [-0.2, -0.15) is 0 Å². The molecule has 39 heavy (non-hydrogen) atoms. The second-order valence-corrected chi connectivity index (χ2v) is 9.17. The Hall–Kier alpha value is -4.79. The largest absolute Gasteiger partial charge is 0.344 e. The molecule has 0 bridgehead atoms. The molecule has 5 rings (SSSR count). The molecule has 1 aromatic carbocycles. The van der Waals surface area contributed by atoms with Crippen LogP contribution in [0.4, 0.5) is 23.4 Å². The summed E-state index contributed by atoms with van der Waals surface area (Å²) in [7, 11) is 0. The molecule has 0 saturated heterocycles. The van der Waals surface area contributed by atoms with E-state index >= 15 is 8.78 Å². The van der Waals surface area contributed by atoms with Gasteiger partial charge in [0.05, 0.1) is 5.69 Å². The molecule has 0 unspecified atom stereocenters. The zero-order valence-electron chi connectivity index (χ0n) is 20.9. The number of fused-ring (bicyclic) bond motifs is 1. The molecule has 0 amide bonds. The molecule has 196 valence electrons. The Bertz CT molecular complexity index is 1720. The van der Waals surface area contributed by atoms with Crippen LogP contribution in [0.15, 0.2) is 86.0 Å². The van der Waals surface area contributed by atoms with E-state index in [9.17, 15) is 8.78 Å². The van der Waals surface area contributed by atoms with Crippen molar-refractivity contribution in [3.63, 3.8) is 0 Å². The lowest BCUT2D eigenvalue weighted by atomic mass is 10.0. The van der Waals surface area contributed by atoms with Gasteiger partial charge < -0.3 is 10.3 Å². The van der Waals surface area contributed by atoms with E-state index in [-0.39, 0.29) is 34.6 Å². The number of benzene rings is 1. The number of aromatic nitrogens is 4. The topological polar surface area (TPSA) is 66.5 Å². The van der Waals surface area contributed by atoms with E-state index in [4.69, 9.17) is 0 Å². The Morgan fingerprint density at radius 3 is 2.54 bits per heavy atom. The summed E-state index contributed by atoms with van der Waals surface area (Å²) < 4.78 is 57.4. The summed E-state index contributed by atoms with van der Waals surface area (Å²) in [5.74, 6) is -4.18. The van der Waals surface area contributed by atoms with Crippen LogP contribution in [0.3, 0.4) is 0 Å². The minimum atomic E-state index is -3.04. The molecule has 0 saturated carbocycles. The lowest BCUT2D eigenvalue weighted by molar-refractivity contribution is 0.0174. The van der Waals surface area contributed by atoms with E-state index in [1.165, 1.54) is 24.5 Å². The highest BCUT2D eigenvalue weighted by molar-refractivity contribution is 5.87. The van der Waals surface area contributed by atoms with E-state index in [0.29, 0.717) is 11.2 Å². The molecule has 0 radical (unpaired) electrons. The average molecular weight is 530 g/mol. The summed E-state index contributed by atoms with van der Waals surface area (Å²) in [6.45, 7) is 8.32. The molecular weight excluding hydrogens is 506 g/mol. The fourth-order valence-electron chi connectivity index (χ4n) is 4.22. The van der Waals surface area contributed by atoms with Crippen LogP contribution in [0.1, 0.15) is 23.7 Å². The number of hydrogen-bond donors (Lipinski definition) is 2. The fourth-order valence-corrected chi connectivity index (χ4v) is 4.22. The third-order valence-electron chi connectivity index (χ3n) is 6.19. The second-order valence-electron chi connectivity index (χ2n) is 9.17. The first-order chi connectivity index (χ1) is 18.6. The molecule has 9 heteroatoms. The third-order valence-corrected chi connectivity index (χ3v) is 6.19. The molecule has 0 atom stereocenters. The van der Waals surface area contributed by atoms with Crippen molar-refractivity contribution in [1.29, 1.82) is 0 Å². The van der Waals surface area contributed by atoms with Crippen LogP contribution >= 0.6 is 0 Å². The minimum absolute atomic E-state index is 0.0550. The summed E-state index contributed by atoms with van der Waals surface area (Å²) >= 11 is 0. The zero-order chi connectivity index (χ0) is 27.7. The number of rotatable bonds is 8. The van der Waals surface area contributed by atoms with Gasteiger partial charge in [0.2, 0.25) is 0 Å². The van der Waals surface area contributed by atoms with E-state index in [1.807, 2.05) is 18.2 Å². The molecule has 4 heterocycles. The molecule has 5 aromatic rings. The van der Waals surface area contributed by atoms with Crippen molar-refractivity contribution >= 4 is 22.9 Å². The van der Waals surface area contributed by atoms with Gasteiger partial charge in [-0.15, -0.1) is 0 Å². The Morgan fingerprint density at radius 2 is 1.77 bits per heavy atom. The van der Waals surface area contributed by atoms with Crippen LogP contribution in [0.25, 0.3) is 39.5 Å². The predicted octanol–water partition coefficient (Wildman–Crippen LogP) is 7.89. The van der Waals surface area contributed by atoms with Gasteiger partial charge in [-0.1, -0.05) is 13.2 Å². The normalized spacial score (nSPS) is 11.5. The highest BCUT2D eigenvalue weighted by atomic mass is 19.3. The highest BCUT2D eigenvalue weighted by Crippen LogP contribution is 2.31. The maximum Gasteiger partial charge on any atom is 0.270 e. The van der Waals surface area contributed by atoms with Crippen LogP contribution in [0.5, 0.6) is 0 Å². The SMILES string of the molecule is C=Cc1cc(-c2cc3cc(-c4cc(F)c(CC(=C)Nc5cc(C(C)(F)F)ccn5)cc4F)cnc3[nH]2)ccn1. The Labute approximate surface area is 222 Å². The van der Waals surface area contributed by atoms with Gasteiger partial charge in [0.25, 0.3) is 5.92 Å². The summed E-state index contributed by atoms with van der Waals surface area (Å²) in [5.41, 5.74) is 3.59. The van der Waals surface area contributed by atoms with Crippen LogP contribution in [0.2, 0.25) is 0 Å². The van der Waals surface area contributed by atoms with Crippen molar-refractivity contribution in [3.05, 3.63) is 114 Å². The van der Waals surface area contributed by atoms with Crippen LogP contribution < -0.4 is 5.32 Å². The second kappa shape index (κ2) is 10.2. The number of hydrogen-bond acceptors (Lipinski definition) is 4. The van der Waals surface area contributed by atoms with Crippen molar-refractivity contribution in [2.24, 2.45) is 0 Å². The number of nitrogens with one attached hydrogen (secondary N) is 2. The number of pyridine rings is 3. The quantitative estimate of drug-likeness (QED) is 0.201. The molecule has 0 aliphatic carbocycles. The Balaban J connectivity index is 1.37. The lowest BCUT2D eigenvalue weighted by Gasteiger charge is -2.14. The Kier molecular flexibility index (Phi) is 6.74. The van der Waals surface area contributed by atoms with Crippen molar-refractivity contribution in [3.8, 4) is 22.4 Å². The highest BCUT2D eigenvalue weighted by Gasteiger charge is 2.24. The molecule has 5 nitrogen and oxygen atoms in total. The zero-order valence-corrected chi connectivity index (χ0v) is 20.9. The van der Waals surface area contributed by atoms with Crippen LogP contribution in [-0.2, 0) is 12.3 Å². The van der Waals surface area contributed by atoms with Gasteiger partial charge in [-0.05, 0) is 60.2 Å². The van der Waals surface area contributed by atoms with Crippen LogP contribution in [0, 0.1) is 11.6 Å². The van der Waals surface area contributed by atoms with Gasteiger partial charge in [-0.25, -0.2) is 27.5 Å². The van der Waals surface area contributed by atoms with E-state index in [2.05, 4.69) is 38.4 Å². The first-order valence-corrected chi connectivity index (χ1v) is 12.0. The molecule has 0 aliphatic heterocycles. The van der Waals surface area contributed by atoms with Crippen LogP contribution in [-0.4, -0.2) is 19.9 Å².